The normalized spacial score (nSPS) is 18.6. The van der Waals surface area contributed by atoms with Gasteiger partial charge in [-0.2, -0.15) is 4.57 Å². The number of pyridine rings is 1. The van der Waals surface area contributed by atoms with Crippen molar-refractivity contribution in [3.05, 3.63) is 101 Å². The second-order valence-corrected chi connectivity index (χ2v) is 10.9. The fourth-order valence-corrected chi connectivity index (χ4v) is 6.20. The number of aryl methyl sites for hydroxylation is 3. The third kappa shape index (κ3) is 3.73. The largest absolute Gasteiger partial charge is 0.437 e. The van der Waals surface area contributed by atoms with Crippen molar-refractivity contribution >= 4 is 43.9 Å². The van der Waals surface area contributed by atoms with Crippen molar-refractivity contribution < 1.29 is 20.0 Å². The molecule has 0 spiro atoms. The van der Waals surface area contributed by atoms with Crippen LogP contribution < -0.4 is 4.57 Å². The Hall–Kier alpha value is -4.44. The van der Waals surface area contributed by atoms with E-state index in [1.54, 1.807) is 18.2 Å². The van der Waals surface area contributed by atoms with Crippen LogP contribution >= 0.6 is 0 Å². The molecule has 0 radical (unpaired) electrons. The number of nitrogens with zero attached hydrogens (tertiary/aromatic N) is 3. The Kier molecular flexibility index (Phi) is 4.10. The summed E-state index contributed by atoms with van der Waals surface area (Å²) in [5.74, 6) is -3.81. The van der Waals surface area contributed by atoms with Gasteiger partial charge in [0.15, 0.2) is 16.6 Å². The molecule has 7 aromatic rings. The Balaban J connectivity index is 1.78. The summed E-state index contributed by atoms with van der Waals surface area (Å²) in [5.41, 5.74) is 5.14. The molecule has 0 fully saturated rings. The minimum Gasteiger partial charge on any atom is -0.437 e. The third-order valence-corrected chi connectivity index (χ3v) is 8.14. The van der Waals surface area contributed by atoms with Crippen molar-refractivity contribution in [3.8, 4) is 17.1 Å². The van der Waals surface area contributed by atoms with Crippen LogP contribution in [0.3, 0.4) is 0 Å². The molecule has 2 unspecified atom stereocenters. The number of furan rings is 1. The van der Waals surface area contributed by atoms with E-state index in [-0.39, 0.29) is 16.8 Å². The number of hydrogen-bond acceptors (Lipinski definition) is 2. The molecule has 4 aromatic carbocycles. The maximum atomic E-state index is 9.37. The number of para-hydroxylation sites is 1. The van der Waals surface area contributed by atoms with Gasteiger partial charge in [0.1, 0.15) is 11.3 Å². The number of fused-ring (bicyclic) bond motifs is 6. The third-order valence-electron chi connectivity index (χ3n) is 8.14. The monoisotopic (exact) mass is 546 g/mol. The second kappa shape index (κ2) is 9.31. The van der Waals surface area contributed by atoms with Crippen molar-refractivity contribution in [3.63, 3.8) is 0 Å². The molecule has 0 aliphatic rings. The second-order valence-electron chi connectivity index (χ2n) is 10.9. The Morgan fingerprint density at radius 1 is 0.829 bits per heavy atom. The van der Waals surface area contributed by atoms with E-state index in [4.69, 9.17) is 12.6 Å². The fourth-order valence-electron chi connectivity index (χ4n) is 6.20. The highest BCUT2D eigenvalue weighted by Gasteiger charge is 2.34. The molecule has 0 bridgehead atoms. The summed E-state index contributed by atoms with van der Waals surface area (Å²) in [7, 11) is 1.90. The van der Waals surface area contributed by atoms with Crippen LogP contribution in [-0.4, -0.2) is 9.55 Å². The Bertz CT molecular complexity index is 2420. The summed E-state index contributed by atoms with van der Waals surface area (Å²) in [6.07, 6.45) is 0. The van der Waals surface area contributed by atoms with Crippen molar-refractivity contribution in [2.45, 2.75) is 53.2 Å². The Labute approximate surface area is 252 Å². The van der Waals surface area contributed by atoms with Crippen LogP contribution in [0, 0.1) is 13.8 Å². The molecule has 7 rings (SSSR count). The minimum atomic E-state index is -2.80. The molecule has 2 atom stereocenters. The topological polar surface area (TPSA) is 34.8 Å². The standard InChI is InChI=1S/C37H36N3O/c1-21(2)26-13-10-14-27(22(3)4)33(26)40-34-28-12-9-8-11-25(28)17-20-31(34)39(7)37(40)32-23(5)15-18-29-30-19-16-24(6)38-36(30)41-35(29)32/h8-22H,1-7H3/q+1/i1D3,3D3,21D,22D. The van der Waals surface area contributed by atoms with E-state index < -0.39 is 25.5 Å². The molecule has 0 amide bonds. The van der Waals surface area contributed by atoms with Crippen LogP contribution in [0.5, 0.6) is 0 Å². The number of benzene rings is 4. The van der Waals surface area contributed by atoms with Gasteiger partial charge in [-0.25, -0.2) is 9.55 Å². The molecule has 3 aromatic heterocycles. The van der Waals surface area contributed by atoms with Gasteiger partial charge in [0, 0.05) is 43.9 Å². The predicted octanol–water partition coefficient (Wildman–Crippen LogP) is 9.43. The highest BCUT2D eigenvalue weighted by molar-refractivity contribution is 6.09. The van der Waals surface area contributed by atoms with Crippen LogP contribution in [0.25, 0.3) is 61.0 Å². The number of aromatic nitrogens is 3. The summed E-state index contributed by atoms with van der Waals surface area (Å²) in [6.45, 7) is 0.895. The van der Waals surface area contributed by atoms with E-state index >= 15 is 0 Å². The first-order chi connectivity index (χ1) is 22.9. The van der Waals surface area contributed by atoms with E-state index in [2.05, 4.69) is 4.98 Å². The quantitative estimate of drug-likeness (QED) is 0.206. The van der Waals surface area contributed by atoms with Crippen LogP contribution in [0.1, 0.15) is 72.7 Å². The van der Waals surface area contributed by atoms with E-state index in [1.165, 1.54) is 13.8 Å². The summed E-state index contributed by atoms with van der Waals surface area (Å²) in [6, 6.07) is 24.3. The summed E-state index contributed by atoms with van der Waals surface area (Å²) in [4.78, 5) is 4.66. The van der Waals surface area contributed by atoms with Crippen molar-refractivity contribution in [1.82, 2.24) is 9.55 Å². The van der Waals surface area contributed by atoms with Gasteiger partial charge in [-0.1, -0.05) is 76.1 Å². The van der Waals surface area contributed by atoms with Crippen molar-refractivity contribution in [2.24, 2.45) is 7.05 Å². The van der Waals surface area contributed by atoms with Gasteiger partial charge in [0.2, 0.25) is 5.71 Å². The summed E-state index contributed by atoms with van der Waals surface area (Å²) < 4.78 is 80.0. The number of hydrogen-bond donors (Lipinski definition) is 0. The summed E-state index contributed by atoms with van der Waals surface area (Å²) in [5, 5.41) is 3.41. The van der Waals surface area contributed by atoms with Gasteiger partial charge < -0.3 is 4.42 Å². The number of imidazole rings is 1. The fraction of sp³-hybridized carbons (Fsp3) is 0.243. The maximum Gasteiger partial charge on any atom is 0.299 e. The van der Waals surface area contributed by atoms with Gasteiger partial charge in [-0.3, -0.25) is 0 Å². The van der Waals surface area contributed by atoms with Gasteiger partial charge in [-0.15, -0.1) is 0 Å². The van der Waals surface area contributed by atoms with Crippen LogP contribution in [-0.2, 0) is 7.05 Å². The molecule has 41 heavy (non-hydrogen) atoms. The zero-order valence-electron chi connectivity index (χ0n) is 31.8. The van der Waals surface area contributed by atoms with E-state index in [0.717, 1.165) is 38.3 Å². The molecule has 0 aliphatic heterocycles. The summed E-state index contributed by atoms with van der Waals surface area (Å²) >= 11 is 0. The molecule has 4 nitrogen and oxygen atoms in total. The molecule has 0 aliphatic carbocycles. The zero-order valence-corrected chi connectivity index (χ0v) is 23.8. The lowest BCUT2D eigenvalue weighted by Crippen LogP contribution is -2.36. The maximum absolute atomic E-state index is 9.37. The van der Waals surface area contributed by atoms with Crippen molar-refractivity contribution in [2.75, 3.05) is 0 Å². The van der Waals surface area contributed by atoms with Gasteiger partial charge in [-0.05, 0) is 66.9 Å². The Morgan fingerprint density at radius 2 is 1.56 bits per heavy atom. The highest BCUT2D eigenvalue weighted by Crippen LogP contribution is 2.40. The zero-order chi connectivity index (χ0) is 35.4. The molecule has 204 valence electrons. The first kappa shape index (κ1) is 18.1. The van der Waals surface area contributed by atoms with Gasteiger partial charge in [0.25, 0.3) is 5.82 Å². The first-order valence-electron chi connectivity index (χ1n) is 17.7. The van der Waals surface area contributed by atoms with E-state index in [9.17, 15) is 2.74 Å². The van der Waals surface area contributed by atoms with Gasteiger partial charge >= 0.3 is 0 Å². The lowest BCUT2D eigenvalue weighted by molar-refractivity contribution is -0.556. The lowest BCUT2D eigenvalue weighted by Gasteiger charge is -2.19. The predicted molar refractivity (Wildman–Crippen MR) is 170 cm³/mol. The van der Waals surface area contributed by atoms with Gasteiger partial charge in [0.05, 0.1) is 7.05 Å². The molecule has 0 N–H and O–H groups in total. The highest BCUT2D eigenvalue weighted by atomic mass is 16.3. The Morgan fingerprint density at radius 3 is 2.32 bits per heavy atom. The van der Waals surface area contributed by atoms with E-state index in [1.807, 2.05) is 90.7 Å². The molecule has 4 heteroatoms. The van der Waals surface area contributed by atoms with Crippen LogP contribution in [0.15, 0.2) is 83.3 Å². The molecule has 3 heterocycles. The average Bonchev–Trinajstić information content (AvgIpc) is 3.53. The molecular formula is C37H36N3O+. The number of rotatable bonds is 4. The van der Waals surface area contributed by atoms with Crippen molar-refractivity contribution in [1.29, 1.82) is 0 Å². The van der Waals surface area contributed by atoms with Crippen LogP contribution in [0.2, 0.25) is 0 Å². The first-order valence-corrected chi connectivity index (χ1v) is 13.7. The molecule has 0 saturated carbocycles. The van der Waals surface area contributed by atoms with E-state index in [0.29, 0.717) is 28.2 Å². The minimum absolute atomic E-state index is 0.0751. The smallest absolute Gasteiger partial charge is 0.299 e. The molecule has 0 saturated heterocycles. The SMILES string of the molecule is [2H]C([2H])([2H])C([2H])(C)c1cccc(C([2H])(C)C([2H])([2H])[2H])c1-[n+]1c(-c2c(C)ccc3c2oc2nc(C)ccc23)n(C)c2ccc3ccccc3c21. The van der Waals surface area contributed by atoms with Crippen LogP contribution in [0.4, 0.5) is 0 Å². The lowest BCUT2D eigenvalue weighted by atomic mass is 9.92. The average molecular weight is 547 g/mol. The molecular weight excluding hydrogens is 502 g/mol.